The van der Waals surface area contributed by atoms with Gasteiger partial charge in [-0.2, -0.15) is 0 Å². The standard InChI is InChI=1S/C8H6O4.C3H4N2O2/c9-7(10)5-1-2-6(4-3-5)8(11)12;6-2-1-4-3(7)5-2/h1-4H,(H,9,10)(H,11,12);1H2,(H2,4,5,6,7). The predicted molar refractivity (Wildman–Crippen MR) is 61.9 cm³/mol. The first kappa shape index (κ1) is 14.2. The summed E-state index contributed by atoms with van der Waals surface area (Å²) in [4.78, 5) is 40.7. The summed E-state index contributed by atoms with van der Waals surface area (Å²) in [6.45, 7) is 0.124. The van der Waals surface area contributed by atoms with Crippen molar-refractivity contribution in [3.63, 3.8) is 0 Å². The molecule has 1 aliphatic rings. The second-order valence-electron chi connectivity index (χ2n) is 3.42. The molecule has 1 heterocycles. The van der Waals surface area contributed by atoms with Gasteiger partial charge in [0, 0.05) is 0 Å². The lowest BCUT2D eigenvalue weighted by molar-refractivity contribution is -0.117. The summed E-state index contributed by atoms with van der Waals surface area (Å²) in [7, 11) is 0. The number of amides is 3. The van der Waals surface area contributed by atoms with Crippen LogP contribution in [0.2, 0.25) is 0 Å². The summed E-state index contributed by atoms with van der Waals surface area (Å²) in [5, 5.41) is 21.2. The van der Waals surface area contributed by atoms with E-state index in [2.05, 4.69) is 5.32 Å². The molecule has 1 saturated heterocycles. The molecular weight excluding hydrogens is 256 g/mol. The van der Waals surface area contributed by atoms with E-state index in [4.69, 9.17) is 10.2 Å². The fraction of sp³-hybridized carbons (Fsp3) is 0.0909. The van der Waals surface area contributed by atoms with Crippen molar-refractivity contribution < 1.29 is 29.4 Å². The minimum Gasteiger partial charge on any atom is -0.478 e. The van der Waals surface area contributed by atoms with Crippen LogP contribution in [0.25, 0.3) is 0 Å². The number of urea groups is 1. The number of aromatic carboxylic acids is 2. The monoisotopic (exact) mass is 266 g/mol. The van der Waals surface area contributed by atoms with Gasteiger partial charge in [-0.25, -0.2) is 14.4 Å². The first-order chi connectivity index (χ1) is 8.90. The van der Waals surface area contributed by atoms with E-state index in [-0.39, 0.29) is 23.6 Å². The summed E-state index contributed by atoms with van der Waals surface area (Å²) in [6, 6.07) is 4.62. The average Bonchev–Trinajstić information content (AvgIpc) is 2.74. The quantitative estimate of drug-likeness (QED) is 0.553. The zero-order chi connectivity index (χ0) is 14.4. The smallest absolute Gasteiger partial charge is 0.335 e. The molecule has 1 aromatic rings. The van der Waals surface area contributed by atoms with E-state index in [1.165, 1.54) is 24.3 Å². The molecule has 0 spiro atoms. The lowest BCUT2D eigenvalue weighted by Crippen LogP contribution is -2.22. The third kappa shape index (κ3) is 4.46. The van der Waals surface area contributed by atoms with Crippen molar-refractivity contribution in [2.75, 3.05) is 6.54 Å². The molecule has 8 heteroatoms. The Bertz CT molecular complexity index is 475. The molecule has 0 radical (unpaired) electrons. The number of carboxylic acid groups (broad SMARTS) is 2. The van der Waals surface area contributed by atoms with Gasteiger partial charge in [0.15, 0.2) is 0 Å². The summed E-state index contributed by atoms with van der Waals surface area (Å²) in [6.07, 6.45) is 0. The van der Waals surface area contributed by atoms with Gasteiger partial charge in [-0.05, 0) is 24.3 Å². The number of hydrogen-bond donors (Lipinski definition) is 4. The lowest BCUT2D eigenvalue weighted by Gasteiger charge is -1.94. The molecule has 0 atom stereocenters. The van der Waals surface area contributed by atoms with E-state index in [1.54, 1.807) is 0 Å². The molecule has 0 aliphatic carbocycles. The second-order valence-corrected chi connectivity index (χ2v) is 3.42. The van der Waals surface area contributed by atoms with Gasteiger partial charge in [-0.1, -0.05) is 0 Å². The fourth-order valence-electron chi connectivity index (χ4n) is 1.13. The van der Waals surface area contributed by atoms with Gasteiger partial charge in [0.1, 0.15) is 0 Å². The van der Waals surface area contributed by atoms with Crippen molar-refractivity contribution in [1.82, 2.24) is 10.6 Å². The number of imide groups is 1. The molecule has 4 N–H and O–H groups in total. The Labute approximate surface area is 107 Å². The Balaban J connectivity index is 0.000000218. The van der Waals surface area contributed by atoms with Crippen molar-refractivity contribution in [3.05, 3.63) is 35.4 Å². The van der Waals surface area contributed by atoms with Gasteiger partial charge in [0.25, 0.3) is 0 Å². The van der Waals surface area contributed by atoms with Crippen molar-refractivity contribution in [2.24, 2.45) is 0 Å². The van der Waals surface area contributed by atoms with Gasteiger partial charge in [-0.3, -0.25) is 10.1 Å². The normalized spacial score (nSPS) is 12.8. The molecular formula is C11H10N2O6. The topological polar surface area (TPSA) is 133 Å². The van der Waals surface area contributed by atoms with Gasteiger partial charge in [0.05, 0.1) is 17.7 Å². The van der Waals surface area contributed by atoms with Gasteiger partial charge >= 0.3 is 18.0 Å². The van der Waals surface area contributed by atoms with Crippen LogP contribution < -0.4 is 10.6 Å². The Morgan fingerprint density at radius 2 is 1.37 bits per heavy atom. The molecule has 8 nitrogen and oxygen atoms in total. The minimum absolute atomic E-state index is 0.0833. The summed E-state index contributed by atoms with van der Waals surface area (Å²) < 4.78 is 0. The minimum atomic E-state index is -1.06. The van der Waals surface area contributed by atoms with Crippen molar-refractivity contribution in [1.29, 1.82) is 0 Å². The molecule has 2 rings (SSSR count). The van der Waals surface area contributed by atoms with Crippen LogP contribution in [0.3, 0.4) is 0 Å². The van der Waals surface area contributed by atoms with E-state index in [0.29, 0.717) is 0 Å². The van der Waals surface area contributed by atoms with Crippen LogP contribution in [0.1, 0.15) is 20.7 Å². The third-order valence-corrected chi connectivity index (χ3v) is 2.04. The predicted octanol–water partition coefficient (Wildman–Crippen LogP) is -0.0912. The molecule has 1 aromatic carbocycles. The van der Waals surface area contributed by atoms with Crippen LogP contribution in [-0.2, 0) is 4.79 Å². The molecule has 19 heavy (non-hydrogen) atoms. The summed E-state index contributed by atoms with van der Waals surface area (Å²) in [5.41, 5.74) is 0.167. The van der Waals surface area contributed by atoms with Gasteiger partial charge in [0.2, 0.25) is 5.91 Å². The SMILES string of the molecule is O=C(O)c1ccc(C(=O)O)cc1.O=C1CNC(=O)N1. The first-order valence-electron chi connectivity index (χ1n) is 5.04. The third-order valence-electron chi connectivity index (χ3n) is 2.04. The fourth-order valence-corrected chi connectivity index (χ4v) is 1.13. The van der Waals surface area contributed by atoms with Crippen LogP contribution in [0.15, 0.2) is 24.3 Å². The van der Waals surface area contributed by atoms with Crippen LogP contribution in [-0.4, -0.2) is 40.6 Å². The number of carboxylic acids is 2. The highest BCUT2D eigenvalue weighted by molar-refractivity contribution is 6.01. The largest absolute Gasteiger partial charge is 0.478 e. The first-order valence-corrected chi connectivity index (χ1v) is 5.04. The molecule has 0 saturated carbocycles. The average molecular weight is 266 g/mol. The maximum absolute atomic E-state index is 10.3. The number of nitrogens with one attached hydrogen (secondary N) is 2. The van der Waals surface area contributed by atoms with Crippen molar-refractivity contribution in [3.8, 4) is 0 Å². The van der Waals surface area contributed by atoms with E-state index < -0.39 is 18.0 Å². The highest BCUT2D eigenvalue weighted by atomic mass is 16.4. The number of rotatable bonds is 2. The molecule has 1 fully saturated rings. The van der Waals surface area contributed by atoms with E-state index in [9.17, 15) is 19.2 Å². The summed E-state index contributed by atoms with van der Waals surface area (Å²) >= 11 is 0. The number of benzene rings is 1. The number of hydrogen-bond acceptors (Lipinski definition) is 4. The van der Waals surface area contributed by atoms with Crippen LogP contribution in [0, 0.1) is 0 Å². The van der Waals surface area contributed by atoms with Crippen LogP contribution in [0.4, 0.5) is 4.79 Å². The van der Waals surface area contributed by atoms with Gasteiger partial charge in [-0.15, -0.1) is 0 Å². The molecule has 1 aliphatic heterocycles. The highest BCUT2D eigenvalue weighted by Crippen LogP contribution is 2.03. The molecule has 0 aromatic heterocycles. The van der Waals surface area contributed by atoms with E-state index >= 15 is 0 Å². The maximum Gasteiger partial charge on any atom is 0.335 e. The van der Waals surface area contributed by atoms with Crippen molar-refractivity contribution >= 4 is 23.9 Å². The maximum atomic E-state index is 10.3. The molecule has 0 bridgehead atoms. The zero-order valence-corrected chi connectivity index (χ0v) is 9.54. The Kier molecular flexibility index (Phi) is 4.58. The van der Waals surface area contributed by atoms with Crippen LogP contribution in [0.5, 0.6) is 0 Å². The lowest BCUT2D eigenvalue weighted by atomic mass is 10.1. The number of carbonyl (C=O) groups excluding carboxylic acids is 2. The summed E-state index contributed by atoms with van der Waals surface area (Å²) in [5.74, 6) is -2.39. The molecule has 100 valence electrons. The Morgan fingerprint density at radius 1 is 0.947 bits per heavy atom. The Morgan fingerprint density at radius 3 is 1.53 bits per heavy atom. The molecule has 3 amide bonds. The number of carbonyl (C=O) groups is 4. The van der Waals surface area contributed by atoms with E-state index in [1.807, 2.05) is 5.32 Å². The van der Waals surface area contributed by atoms with Crippen LogP contribution >= 0.6 is 0 Å². The zero-order valence-electron chi connectivity index (χ0n) is 9.54. The second kappa shape index (κ2) is 6.15. The highest BCUT2D eigenvalue weighted by Gasteiger charge is 2.14. The van der Waals surface area contributed by atoms with E-state index in [0.717, 1.165) is 0 Å². The molecule has 0 unspecified atom stereocenters. The van der Waals surface area contributed by atoms with Gasteiger partial charge < -0.3 is 15.5 Å². The Hall–Kier alpha value is -2.90. The van der Waals surface area contributed by atoms with Crippen molar-refractivity contribution in [2.45, 2.75) is 0 Å².